The molecule has 0 radical (unpaired) electrons. The molecule has 0 spiro atoms. The summed E-state index contributed by atoms with van der Waals surface area (Å²) in [6.45, 7) is 7.73. The van der Waals surface area contributed by atoms with Gasteiger partial charge in [0.05, 0.1) is 5.25 Å². The highest BCUT2D eigenvalue weighted by Gasteiger charge is 2.28. The topological polar surface area (TPSA) is 32.3 Å². The number of piperazine rings is 1. The molecule has 4 heteroatoms. The SMILES string of the molecule is CC(C)C(Sc1ccccc1)C(=O)N1CCNCC1. The molecular formula is C15H22N2OS. The molecule has 104 valence electrons. The number of hydrogen-bond acceptors (Lipinski definition) is 3. The van der Waals surface area contributed by atoms with Crippen molar-refractivity contribution in [2.75, 3.05) is 26.2 Å². The molecule has 1 atom stereocenters. The Balaban J connectivity index is 2.04. The molecule has 1 fully saturated rings. The molecule has 2 rings (SSSR count). The smallest absolute Gasteiger partial charge is 0.236 e. The summed E-state index contributed by atoms with van der Waals surface area (Å²) in [4.78, 5) is 15.8. The van der Waals surface area contributed by atoms with E-state index in [4.69, 9.17) is 0 Å². The van der Waals surface area contributed by atoms with Gasteiger partial charge in [0.15, 0.2) is 0 Å². The first-order valence-corrected chi connectivity index (χ1v) is 7.77. The van der Waals surface area contributed by atoms with Gasteiger partial charge >= 0.3 is 0 Å². The van der Waals surface area contributed by atoms with Crippen LogP contribution in [0.25, 0.3) is 0 Å². The van der Waals surface area contributed by atoms with Crippen molar-refractivity contribution < 1.29 is 4.79 Å². The summed E-state index contributed by atoms with van der Waals surface area (Å²) >= 11 is 1.69. The lowest BCUT2D eigenvalue weighted by Crippen LogP contribution is -2.50. The van der Waals surface area contributed by atoms with Crippen molar-refractivity contribution in [3.05, 3.63) is 30.3 Å². The van der Waals surface area contributed by atoms with Crippen LogP contribution in [0, 0.1) is 5.92 Å². The molecule has 3 nitrogen and oxygen atoms in total. The van der Waals surface area contributed by atoms with Crippen LogP contribution in [0.1, 0.15) is 13.8 Å². The number of benzene rings is 1. The minimum atomic E-state index is 0.0144. The third-order valence-corrected chi connectivity index (χ3v) is 4.83. The first kappa shape index (κ1) is 14.4. The third kappa shape index (κ3) is 3.98. The zero-order chi connectivity index (χ0) is 13.7. The fourth-order valence-electron chi connectivity index (χ4n) is 2.18. The Hall–Kier alpha value is -1.00. The number of amides is 1. The van der Waals surface area contributed by atoms with E-state index in [0.717, 1.165) is 26.2 Å². The summed E-state index contributed by atoms with van der Waals surface area (Å²) in [6, 6.07) is 10.2. The second kappa shape index (κ2) is 6.96. The van der Waals surface area contributed by atoms with Gasteiger partial charge in [-0.05, 0) is 18.1 Å². The largest absolute Gasteiger partial charge is 0.339 e. The lowest BCUT2D eigenvalue weighted by atomic mass is 10.1. The van der Waals surface area contributed by atoms with Crippen molar-refractivity contribution in [2.24, 2.45) is 5.92 Å². The molecular weight excluding hydrogens is 256 g/mol. The van der Waals surface area contributed by atoms with Crippen LogP contribution >= 0.6 is 11.8 Å². The van der Waals surface area contributed by atoms with E-state index in [1.165, 1.54) is 4.90 Å². The van der Waals surface area contributed by atoms with Crippen LogP contribution in [-0.2, 0) is 4.79 Å². The van der Waals surface area contributed by atoms with Gasteiger partial charge in [0.2, 0.25) is 5.91 Å². The summed E-state index contributed by atoms with van der Waals surface area (Å²) in [6.07, 6.45) is 0. The van der Waals surface area contributed by atoms with Gasteiger partial charge < -0.3 is 10.2 Å². The minimum Gasteiger partial charge on any atom is -0.339 e. The highest BCUT2D eigenvalue weighted by atomic mass is 32.2. The molecule has 19 heavy (non-hydrogen) atoms. The Morgan fingerprint density at radius 3 is 2.42 bits per heavy atom. The zero-order valence-corrected chi connectivity index (χ0v) is 12.5. The van der Waals surface area contributed by atoms with Crippen LogP contribution < -0.4 is 5.32 Å². The molecule has 1 saturated heterocycles. The quantitative estimate of drug-likeness (QED) is 0.857. The molecule has 1 amide bonds. The Morgan fingerprint density at radius 1 is 1.21 bits per heavy atom. The Morgan fingerprint density at radius 2 is 1.84 bits per heavy atom. The summed E-state index contributed by atoms with van der Waals surface area (Å²) in [5, 5.41) is 3.30. The molecule has 0 bridgehead atoms. The zero-order valence-electron chi connectivity index (χ0n) is 11.6. The van der Waals surface area contributed by atoms with E-state index >= 15 is 0 Å². The summed E-state index contributed by atoms with van der Waals surface area (Å²) < 4.78 is 0. The van der Waals surface area contributed by atoms with Crippen LogP contribution in [0.3, 0.4) is 0 Å². The first-order chi connectivity index (χ1) is 9.18. The third-order valence-electron chi connectivity index (χ3n) is 3.28. The van der Waals surface area contributed by atoms with Crippen molar-refractivity contribution in [3.63, 3.8) is 0 Å². The van der Waals surface area contributed by atoms with Crippen LogP contribution in [0.2, 0.25) is 0 Å². The summed E-state index contributed by atoms with van der Waals surface area (Å²) in [7, 11) is 0. The number of nitrogens with one attached hydrogen (secondary N) is 1. The average molecular weight is 278 g/mol. The highest BCUT2D eigenvalue weighted by molar-refractivity contribution is 8.00. The van der Waals surface area contributed by atoms with Crippen molar-refractivity contribution >= 4 is 17.7 Å². The Kier molecular flexibility index (Phi) is 5.28. The van der Waals surface area contributed by atoms with Crippen molar-refractivity contribution in [3.8, 4) is 0 Å². The van der Waals surface area contributed by atoms with Crippen molar-refractivity contribution in [1.82, 2.24) is 10.2 Å². The monoisotopic (exact) mass is 278 g/mol. The van der Waals surface area contributed by atoms with Gasteiger partial charge in [-0.1, -0.05) is 32.0 Å². The van der Waals surface area contributed by atoms with E-state index in [0.29, 0.717) is 5.92 Å². The number of thioether (sulfide) groups is 1. The first-order valence-electron chi connectivity index (χ1n) is 6.89. The van der Waals surface area contributed by atoms with Gasteiger partial charge in [-0.25, -0.2) is 0 Å². The molecule has 1 heterocycles. The summed E-state index contributed by atoms with van der Waals surface area (Å²) in [5.74, 6) is 0.623. The lowest BCUT2D eigenvalue weighted by molar-refractivity contribution is -0.131. The predicted octanol–water partition coefficient (Wildman–Crippen LogP) is 2.24. The average Bonchev–Trinajstić information content (AvgIpc) is 2.46. The number of carbonyl (C=O) groups is 1. The van der Waals surface area contributed by atoms with E-state index in [2.05, 4.69) is 31.3 Å². The Labute approximate surface area is 119 Å². The van der Waals surface area contributed by atoms with E-state index in [1.54, 1.807) is 11.8 Å². The van der Waals surface area contributed by atoms with Gasteiger partial charge in [-0.15, -0.1) is 11.8 Å². The van der Waals surface area contributed by atoms with Gasteiger partial charge in [0, 0.05) is 31.1 Å². The predicted molar refractivity (Wildman–Crippen MR) is 80.4 cm³/mol. The second-order valence-electron chi connectivity index (χ2n) is 5.17. The van der Waals surface area contributed by atoms with Gasteiger partial charge in [-0.2, -0.15) is 0 Å². The molecule has 0 aliphatic carbocycles. The standard InChI is InChI=1S/C15H22N2OS/c1-12(2)14(19-13-6-4-3-5-7-13)15(18)17-10-8-16-9-11-17/h3-7,12,14,16H,8-11H2,1-2H3. The maximum absolute atomic E-state index is 12.6. The van der Waals surface area contributed by atoms with Crippen LogP contribution in [0.4, 0.5) is 0 Å². The normalized spacial score (nSPS) is 17.5. The molecule has 0 saturated carbocycles. The molecule has 1 aromatic carbocycles. The number of hydrogen-bond donors (Lipinski definition) is 1. The number of rotatable bonds is 4. The molecule has 1 aliphatic rings. The van der Waals surface area contributed by atoms with Gasteiger partial charge in [0.25, 0.3) is 0 Å². The maximum atomic E-state index is 12.6. The minimum absolute atomic E-state index is 0.0144. The molecule has 1 unspecified atom stereocenters. The maximum Gasteiger partial charge on any atom is 0.236 e. The van der Waals surface area contributed by atoms with Crippen LogP contribution in [0.5, 0.6) is 0 Å². The Bertz CT molecular complexity index is 402. The highest BCUT2D eigenvalue weighted by Crippen LogP contribution is 2.29. The molecule has 1 aromatic rings. The fourth-order valence-corrected chi connectivity index (χ4v) is 3.31. The van der Waals surface area contributed by atoms with E-state index < -0.39 is 0 Å². The summed E-state index contributed by atoms with van der Waals surface area (Å²) in [5.41, 5.74) is 0. The fraction of sp³-hybridized carbons (Fsp3) is 0.533. The number of nitrogens with zero attached hydrogens (tertiary/aromatic N) is 1. The number of carbonyl (C=O) groups excluding carboxylic acids is 1. The molecule has 1 N–H and O–H groups in total. The van der Waals surface area contributed by atoms with E-state index in [1.807, 2.05) is 23.1 Å². The van der Waals surface area contributed by atoms with Crippen molar-refractivity contribution in [2.45, 2.75) is 24.0 Å². The molecule has 0 aromatic heterocycles. The van der Waals surface area contributed by atoms with E-state index in [-0.39, 0.29) is 11.2 Å². The second-order valence-corrected chi connectivity index (χ2v) is 6.39. The van der Waals surface area contributed by atoms with Gasteiger partial charge in [0.1, 0.15) is 0 Å². The van der Waals surface area contributed by atoms with Gasteiger partial charge in [-0.3, -0.25) is 4.79 Å². The van der Waals surface area contributed by atoms with Crippen LogP contribution in [-0.4, -0.2) is 42.2 Å². The lowest BCUT2D eigenvalue weighted by Gasteiger charge is -2.32. The van der Waals surface area contributed by atoms with Crippen LogP contribution in [0.15, 0.2) is 35.2 Å². The molecule has 1 aliphatic heterocycles. The van der Waals surface area contributed by atoms with E-state index in [9.17, 15) is 4.79 Å². The van der Waals surface area contributed by atoms with Crippen molar-refractivity contribution in [1.29, 1.82) is 0 Å².